The number of hydrogen-bond donors (Lipinski definition) is 2. The molecule has 1 saturated heterocycles. The molecule has 1 fully saturated rings. The van der Waals surface area contributed by atoms with Crippen molar-refractivity contribution in [1.82, 2.24) is 10.3 Å². The molecule has 2 heterocycles. The number of rotatable bonds is 3. The molecule has 0 saturated carbocycles. The Balaban J connectivity index is 1.84. The van der Waals surface area contributed by atoms with Crippen LogP contribution in [0.4, 0.5) is 5.69 Å². The van der Waals surface area contributed by atoms with Crippen molar-refractivity contribution in [2.45, 2.75) is 25.3 Å². The lowest BCUT2D eigenvalue weighted by Crippen LogP contribution is -2.42. The van der Waals surface area contributed by atoms with E-state index >= 15 is 0 Å². The average Bonchev–Trinajstić information content (AvgIpc) is 2.72. The molecule has 0 radical (unpaired) electrons. The van der Waals surface area contributed by atoms with Gasteiger partial charge in [-0.05, 0) is 25.5 Å². The highest BCUT2D eigenvalue weighted by atomic mass is 15.1. The van der Waals surface area contributed by atoms with E-state index < -0.39 is 0 Å². The van der Waals surface area contributed by atoms with Gasteiger partial charge in [-0.15, -0.1) is 0 Å². The second-order valence-corrected chi connectivity index (χ2v) is 4.10. The Bertz CT molecular complexity index is 250. The van der Waals surface area contributed by atoms with Crippen LogP contribution in [0.5, 0.6) is 0 Å². The molecule has 14 heavy (non-hydrogen) atoms. The van der Waals surface area contributed by atoms with Crippen LogP contribution < -0.4 is 10.2 Å². The first-order valence-electron chi connectivity index (χ1n) is 5.43. The molecule has 0 amide bonds. The van der Waals surface area contributed by atoms with Crippen molar-refractivity contribution < 1.29 is 0 Å². The van der Waals surface area contributed by atoms with Gasteiger partial charge in [-0.25, -0.2) is 0 Å². The number of nitrogens with one attached hydrogen (secondary N) is 2. The number of anilines is 1. The lowest BCUT2D eigenvalue weighted by atomic mass is 10.0. The topological polar surface area (TPSA) is 31.1 Å². The molecule has 1 aromatic heterocycles. The SMILES string of the molecule is CN(CC1CCCCN1)c1cc[nH]c1. The number of H-pyrrole nitrogens is 1. The molecule has 1 aliphatic heterocycles. The van der Waals surface area contributed by atoms with Gasteiger partial charge < -0.3 is 15.2 Å². The van der Waals surface area contributed by atoms with E-state index in [1.807, 2.05) is 12.4 Å². The van der Waals surface area contributed by atoms with Gasteiger partial charge in [-0.2, -0.15) is 0 Å². The number of piperidine rings is 1. The van der Waals surface area contributed by atoms with Crippen LogP contribution in [0.1, 0.15) is 19.3 Å². The summed E-state index contributed by atoms with van der Waals surface area (Å²) < 4.78 is 0. The predicted molar refractivity (Wildman–Crippen MR) is 59.7 cm³/mol. The first kappa shape index (κ1) is 9.59. The van der Waals surface area contributed by atoms with Crippen LogP contribution in [0.2, 0.25) is 0 Å². The van der Waals surface area contributed by atoms with Gasteiger partial charge in [0.15, 0.2) is 0 Å². The van der Waals surface area contributed by atoms with Crippen LogP contribution in [-0.2, 0) is 0 Å². The molecule has 1 aromatic rings. The molecule has 0 aromatic carbocycles. The molecular weight excluding hydrogens is 174 g/mol. The molecule has 0 bridgehead atoms. The van der Waals surface area contributed by atoms with Gasteiger partial charge in [0.05, 0.1) is 5.69 Å². The van der Waals surface area contributed by atoms with Crippen LogP contribution in [0.3, 0.4) is 0 Å². The van der Waals surface area contributed by atoms with Crippen LogP contribution in [0.15, 0.2) is 18.5 Å². The van der Waals surface area contributed by atoms with E-state index in [4.69, 9.17) is 0 Å². The fourth-order valence-corrected chi connectivity index (χ4v) is 2.07. The molecule has 1 aliphatic rings. The van der Waals surface area contributed by atoms with E-state index in [0.29, 0.717) is 6.04 Å². The molecule has 1 atom stereocenters. The third kappa shape index (κ3) is 2.29. The quantitative estimate of drug-likeness (QED) is 0.764. The third-order valence-electron chi connectivity index (χ3n) is 2.93. The maximum atomic E-state index is 3.56. The van der Waals surface area contributed by atoms with Gasteiger partial charge in [0.1, 0.15) is 0 Å². The highest BCUT2D eigenvalue weighted by Crippen LogP contribution is 2.13. The molecule has 78 valence electrons. The number of nitrogens with zero attached hydrogens (tertiary/aromatic N) is 1. The van der Waals surface area contributed by atoms with Crippen LogP contribution >= 0.6 is 0 Å². The monoisotopic (exact) mass is 193 g/mol. The molecule has 1 unspecified atom stereocenters. The Labute approximate surface area is 85.5 Å². The predicted octanol–water partition coefficient (Wildman–Crippen LogP) is 1.59. The van der Waals surface area contributed by atoms with Crippen LogP contribution in [-0.4, -0.2) is 31.2 Å². The minimum absolute atomic E-state index is 0.670. The third-order valence-corrected chi connectivity index (χ3v) is 2.93. The maximum absolute atomic E-state index is 3.56. The highest BCUT2D eigenvalue weighted by molar-refractivity contribution is 5.43. The van der Waals surface area contributed by atoms with Crippen molar-refractivity contribution in [3.8, 4) is 0 Å². The number of likely N-dealkylation sites (N-methyl/N-ethyl adjacent to an activating group) is 1. The van der Waals surface area contributed by atoms with E-state index in [2.05, 4.69) is 28.3 Å². The van der Waals surface area contributed by atoms with Gasteiger partial charge in [0, 0.05) is 32.0 Å². The van der Waals surface area contributed by atoms with Gasteiger partial charge in [0.25, 0.3) is 0 Å². The summed E-state index contributed by atoms with van der Waals surface area (Å²) in [6.07, 6.45) is 8.04. The fraction of sp³-hybridized carbons (Fsp3) is 0.636. The molecular formula is C11H19N3. The van der Waals surface area contributed by atoms with Crippen molar-refractivity contribution >= 4 is 5.69 Å². The second kappa shape index (κ2) is 4.51. The van der Waals surface area contributed by atoms with E-state index in [-0.39, 0.29) is 0 Å². The second-order valence-electron chi connectivity index (χ2n) is 4.10. The lowest BCUT2D eigenvalue weighted by molar-refractivity contribution is 0.403. The largest absolute Gasteiger partial charge is 0.372 e. The molecule has 3 nitrogen and oxygen atoms in total. The van der Waals surface area contributed by atoms with Crippen molar-refractivity contribution in [2.24, 2.45) is 0 Å². The summed E-state index contributed by atoms with van der Waals surface area (Å²) in [6, 6.07) is 2.78. The summed E-state index contributed by atoms with van der Waals surface area (Å²) >= 11 is 0. The first-order valence-corrected chi connectivity index (χ1v) is 5.43. The van der Waals surface area contributed by atoms with Crippen LogP contribution in [0, 0.1) is 0 Å². The smallest absolute Gasteiger partial charge is 0.0541 e. The van der Waals surface area contributed by atoms with Gasteiger partial charge >= 0.3 is 0 Å². The Hall–Kier alpha value is -0.960. The fourth-order valence-electron chi connectivity index (χ4n) is 2.07. The van der Waals surface area contributed by atoms with E-state index in [1.54, 1.807) is 0 Å². The van der Waals surface area contributed by atoms with Gasteiger partial charge in [-0.1, -0.05) is 6.42 Å². The van der Waals surface area contributed by atoms with Crippen LogP contribution in [0.25, 0.3) is 0 Å². The van der Waals surface area contributed by atoms with Gasteiger partial charge in [-0.3, -0.25) is 0 Å². The maximum Gasteiger partial charge on any atom is 0.0541 e. The highest BCUT2D eigenvalue weighted by Gasteiger charge is 2.14. The molecule has 2 N–H and O–H groups in total. The first-order chi connectivity index (χ1) is 6.86. The zero-order valence-corrected chi connectivity index (χ0v) is 8.79. The molecule has 0 aliphatic carbocycles. The number of aromatic amines is 1. The summed E-state index contributed by atoms with van der Waals surface area (Å²) in [5.41, 5.74) is 1.28. The summed E-state index contributed by atoms with van der Waals surface area (Å²) in [4.78, 5) is 5.39. The van der Waals surface area contributed by atoms with Crippen molar-refractivity contribution in [2.75, 3.05) is 25.0 Å². The number of aromatic nitrogens is 1. The average molecular weight is 193 g/mol. The van der Waals surface area contributed by atoms with E-state index in [0.717, 1.165) is 6.54 Å². The van der Waals surface area contributed by atoms with E-state index in [9.17, 15) is 0 Å². The summed E-state index contributed by atoms with van der Waals surface area (Å²) in [6.45, 7) is 2.30. The zero-order chi connectivity index (χ0) is 9.80. The molecule has 0 spiro atoms. The standard InChI is InChI=1S/C11H19N3/c1-14(11-5-7-12-8-11)9-10-4-2-3-6-13-10/h5,7-8,10,12-13H,2-4,6,9H2,1H3. The molecule has 3 heteroatoms. The summed E-state index contributed by atoms with van der Waals surface area (Å²) in [5.74, 6) is 0. The summed E-state index contributed by atoms with van der Waals surface area (Å²) in [5, 5.41) is 3.56. The van der Waals surface area contributed by atoms with Crippen molar-refractivity contribution in [3.05, 3.63) is 18.5 Å². The molecule has 2 rings (SSSR count). The Kier molecular flexibility index (Phi) is 3.09. The Morgan fingerprint density at radius 3 is 3.07 bits per heavy atom. The number of hydrogen-bond acceptors (Lipinski definition) is 2. The zero-order valence-electron chi connectivity index (χ0n) is 8.79. The van der Waals surface area contributed by atoms with Crippen molar-refractivity contribution in [3.63, 3.8) is 0 Å². The van der Waals surface area contributed by atoms with Gasteiger partial charge in [0.2, 0.25) is 0 Å². The normalized spacial score (nSPS) is 22.2. The van der Waals surface area contributed by atoms with Crippen molar-refractivity contribution in [1.29, 1.82) is 0 Å². The Morgan fingerprint density at radius 2 is 2.43 bits per heavy atom. The summed E-state index contributed by atoms with van der Waals surface area (Å²) in [7, 11) is 2.15. The van der Waals surface area contributed by atoms with E-state index in [1.165, 1.54) is 31.5 Å². The lowest BCUT2D eigenvalue weighted by Gasteiger charge is -2.28. The minimum Gasteiger partial charge on any atom is -0.372 e. The minimum atomic E-state index is 0.670. The Morgan fingerprint density at radius 1 is 1.50 bits per heavy atom.